The van der Waals surface area contributed by atoms with Crippen molar-refractivity contribution < 1.29 is 0 Å². The molecule has 9 heteroatoms. The third-order valence-electron chi connectivity index (χ3n) is 4.50. The molecule has 0 bridgehead atoms. The summed E-state index contributed by atoms with van der Waals surface area (Å²) in [5.74, 6) is 2.70. The lowest BCUT2D eigenvalue weighted by Crippen LogP contribution is -2.39. The molecule has 2 aromatic rings. The van der Waals surface area contributed by atoms with E-state index in [4.69, 9.17) is 0 Å². The van der Waals surface area contributed by atoms with Gasteiger partial charge >= 0.3 is 5.69 Å². The normalized spacial score (nSPS) is 13.5. The largest absolute Gasteiger partial charge is 0.356 e. The fourth-order valence-electron chi connectivity index (χ4n) is 3.11. The van der Waals surface area contributed by atoms with Crippen molar-refractivity contribution in [2.24, 2.45) is 4.99 Å². The van der Waals surface area contributed by atoms with Gasteiger partial charge in [-0.1, -0.05) is 18.2 Å². The van der Waals surface area contributed by atoms with Crippen LogP contribution in [0.3, 0.4) is 0 Å². The summed E-state index contributed by atoms with van der Waals surface area (Å²) >= 11 is 1.82. The van der Waals surface area contributed by atoms with E-state index in [0.717, 1.165) is 62.9 Å². The Hall–Kier alpha value is -1.49. The minimum absolute atomic E-state index is 0. The first-order valence-corrected chi connectivity index (χ1v) is 10.6. The minimum Gasteiger partial charge on any atom is -0.356 e. The van der Waals surface area contributed by atoms with Gasteiger partial charge in [0.05, 0.1) is 0 Å². The number of thioether (sulfide) groups is 1. The molecular weight excluding hydrogens is 487 g/mol. The maximum Gasteiger partial charge on any atom is 0.345 e. The topological polar surface area (TPSA) is 76.2 Å². The van der Waals surface area contributed by atoms with Crippen molar-refractivity contribution in [3.8, 4) is 0 Å². The first kappa shape index (κ1) is 22.8. The Bertz CT molecular complexity index is 805. The van der Waals surface area contributed by atoms with E-state index in [1.165, 1.54) is 4.90 Å². The summed E-state index contributed by atoms with van der Waals surface area (Å²) in [7, 11) is 1.77. The summed E-state index contributed by atoms with van der Waals surface area (Å²) in [4.78, 5) is 17.8. The van der Waals surface area contributed by atoms with Crippen molar-refractivity contribution in [2.45, 2.75) is 43.7 Å². The number of aromatic nitrogens is 3. The van der Waals surface area contributed by atoms with Crippen molar-refractivity contribution in [2.75, 3.05) is 25.9 Å². The monoisotopic (exact) mass is 516 g/mol. The highest BCUT2D eigenvalue weighted by molar-refractivity contribution is 14.0. The first-order valence-electron chi connectivity index (χ1n) is 9.57. The Morgan fingerprint density at radius 1 is 1.21 bits per heavy atom. The fraction of sp³-hybridized carbons (Fsp3) is 0.526. The van der Waals surface area contributed by atoms with Crippen LogP contribution in [0.2, 0.25) is 0 Å². The van der Waals surface area contributed by atoms with Gasteiger partial charge in [0.25, 0.3) is 0 Å². The molecule has 2 heterocycles. The smallest absolute Gasteiger partial charge is 0.345 e. The van der Waals surface area contributed by atoms with Gasteiger partial charge in [0.2, 0.25) is 0 Å². The molecule has 0 saturated heterocycles. The highest BCUT2D eigenvalue weighted by Gasteiger charge is 2.16. The number of hydrogen-bond acceptors (Lipinski definition) is 4. The zero-order chi connectivity index (χ0) is 18.9. The first-order chi connectivity index (χ1) is 13.3. The summed E-state index contributed by atoms with van der Waals surface area (Å²) in [5.41, 5.74) is 0.0325. The highest BCUT2D eigenvalue weighted by Crippen LogP contribution is 2.15. The summed E-state index contributed by atoms with van der Waals surface area (Å²) < 4.78 is 3.43. The van der Waals surface area contributed by atoms with Gasteiger partial charge in [-0.3, -0.25) is 9.56 Å². The molecule has 1 aliphatic rings. The van der Waals surface area contributed by atoms with Gasteiger partial charge in [0.15, 0.2) is 5.96 Å². The molecule has 0 amide bonds. The van der Waals surface area contributed by atoms with E-state index in [9.17, 15) is 4.79 Å². The number of aliphatic imine (C=N–C) groups is 1. The number of fused-ring (bicyclic) bond motifs is 1. The Kier molecular flexibility index (Phi) is 9.89. The van der Waals surface area contributed by atoms with Gasteiger partial charge in [-0.05, 0) is 31.4 Å². The Morgan fingerprint density at radius 2 is 2.00 bits per heavy atom. The number of rotatable bonds is 8. The molecule has 0 spiro atoms. The molecule has 0 unspecified atom stereocenters. The number of nitrogens with zero attached hydrogens (tertiary/aromatic N) is 4. The van der Waals surface area contributed by atoms with Gasteiger partial charge in [0.1, 0.15) is 5.82 Å². The van der Waals surface area contributed by atoms with Crippen LogP contribution in [0.25, 0.3) is 0 Å². The van der Waals surface area contributed by atoms with Gasteiger partial charge < -0.3 is 10.6 Å². The van der Waals surface area contributed by atoms with E-state index < -0.39 is 0 Å². The quantitative estimate of drug-likeness (QED) is 0.185. The van der Waals surface area contributed by atoms with E-state index >= 15 is 0 Å². The van der Waals surface area contributed by atoms with E-state index in [1.807, 2.05) is 22.4 Å². The van der Waals surface area contributed by atoms with Crippen LogP contribution >= 0.6 is 35.7 Å². The molecule has 0 radical (unpaired) electrons. The SMILES string of the molecule is CN=C(NCCCn1nc2n(c1=O)CCCC2)NCCSc1ccccc1.I. The molecule has 2 N–H and O–H groups in total. The molecule has 0 fully saturated rings. The second-order valence-corrected chi connectivity index (χ2v) is 7.64. The van der Waals surface area contributed by atoms with Gasteiger partial charge in [-0.15, -0.1) is 35.7 Å². The molecule has 0 saturated carbocycles. The molecule has 154 valence electrons. The number of nitrogens with one attached hydrogen (secondary N) is 2. The molecule has 7 nitrogen and oxygen atoms in total. The van der Waals surface area contributed by atoms with Crippen LogP contribution in [0, 0.1) is 0 Å². The van der Waals surface area contributed by atoms with Gasteiger partial charge in [-0.25, -0.2) is 9.48 Å². The van der Waals surface area contributed by atoms with Crippen LogP contribution in [0.4, 0.5) is 0 Å². The predicted octanol–water partition coefficient (Wildman–Crippen LogP) is 2.35. The summed E-state index contributed by atoms with van der Waals surface area (Å²) in [6.45, 7) is 3.03. The number of halogens is 1. The van der Waals surface area contributed by atoms with E-state index in [2.05, 4.69) is 45.0 Å². The molecule has 28 heavy (non-hydrogen) atoms. The van der Waals surface area contributed by atoms with Crippen molar-refractivity contribution in [3.05, 3.63) is 46.6 Å². The van der Waals surface area contributed by atoms with E-state index in [-0.39, 0.29) is 29.7 Å². The summed E-state index contributed by atoms with van der Waals surface area (Å²) in [6, 6.07) is 10.4. The molecule has 1 aliphatic heterocycles. The standard InChI is InChI=1S/C19H28N6OS.HI/c1-20-18(22-12-15-27-16-8-3-2-4-9-16)21-11-7-14-25-19(26)24-13-6-5-10-17(24)23-25;/h2-4,8-9H,5-7,10-15H2,1H3,(H2,20,21,22);1H. The highest BCUT2D eigenvalue weighted by atomic mass is 127. The maximum absolute atomic E-state index is 12.3. The zero-order valence-electron chi connectivity index (χ0n) is 16.3. The fourth-order valence-corrected chi connectivity index (χ4v) is 3.89. The van der Waals surface area contributed by atoms with Crippen LogP contribution in [0.15, 0.2) is 45.0 Å². The number of aryl methyl sites for hydroxylation is 2. The van der Waals surface area contributed by atoms with Crippen LogP contribution < -0.4 is 16.3 Å². The van der Waals surface area contributed by atoms with Crippen molar-refractivity contribution in [1.82, 2.24) is 25.0 Å². The summed E-state index contributed by atoms with van der Waals surface area (Å²) in [5, 5.41) is 11.1. The van der Waals surface area contributed by atoms with Crippen LogP contribution in [-0.2, 0) is 19.5 Å². The molecule has 3 rings (SSSR count). The van der Waals surface area contributed by atoms with Gasteiger partial charge in [-0.2, -0.15) is 5.10 Å². The maximum atomic E-state index is 12.3. The molecular formula is C19H29IN6OS. The number of benzene rings is 1. The predicted molar refractivity (Wildman–Crippen MR) is 126 cm³/mol. The number of guanidine groups is 1. The molecule has 0 aliphatic carbocycles. The van der Waals surface area contributed by atoms with E-state index in [0.29, 0.717) is 6.54 Å². The van der Waals surface area contributed by atoms with Crippen molar-refractivity contribution in [1.29, 1.82) is 0 Å². The second-order valence-electron chi connectivity index (χ2n) is 6.47. The van der Waals surface area contributed by atoms with Crippen LogP contribution in [-0.4, -0.2) is 46.2 Å². The Balaban J connectivity index is 0.00000280. The summed E-state index contributed by atoms with van der Waals surface area (Å²) in [6.07, 6.45) is 3.95. The zero-order valence-corrected chi connectivity index (χ0v) is 19.4. The average molecular weight is 516 g/mol. The average Bonchev–Trinajstić information content (AvgIpc) is 3.03. The lowest BCUT2D eigenvalue weighted by atomic mass is 10.2. The third-order valence-corrected chi connectivity index (χ3v) is 5.51. The molecule has 0 atom stereocenters. The minimum atomic E-state index is 0. The second kappa shape index (κ2) is 12.2. The lowest BCUT2D eigenvalue weighted by Gasteiger charge is -2.11. The van der Waals surface area contributed by atoms with Crippen molar-refractivity contribution in [3.63, 3.8) is 0 Å². The Morgan fingerprint density at radius 3 is 2.75 bits per heavy atom. The van der Waals surface area contributed by atoms with E-state index in [1.54, 1.807) is 11.7 Å². The van der Waals surface area contributed by atoms with Gasteiger partial charge in [0, 0.05) is 50.3 Å². The molecule has 1 aromatic carbocycles. The van der Waals surface area contributed by atoms with Crippen LogP contribution in [0.1, 0.15) is 25.1 Å². The molecule has 1 aromatic heterocycles. The lowest BCUT2D eigenvalue weighted by molar-refractivity contribution is 0.509. The van der Waals surface area contributed by atoms with Crippen molar-refractivity contribution >= 4 is 41.7 Å². The Labute approximate surface area is 187 Å². The third kappa shape index (κ3) is 6.54. The van der Waals surface area contributed by atoms with Crippen LogP contribution in [0.5, 0.6) is 0 Å². The number of hydrogen-bond donors (Lipinski definition) is 2.